The number of carbonyl (C=O) groups is 2. The fourth-order valence-corrected chi connectivity index (χ4v) is 4.62. The zero-order valence-corrected chi connectivity index (χ0v) is 16.2. The van der Waals surface area contributed by atoms with Crippen molar-refractivity contribution in [2.75, 3.05) is 19.0 Å². The van der Waals surface area contributed by atoms with Crippen molar-refractivity contribution in [2.45, 2.75) is 36.0 Å². The average molecular weight is 382 g/mol. The molecule has 2 heterocycles. The van der Waals surface area contributed by atoms with Crippen LogP contribution >= 0.6 is 11.8 Å². The maximum absolute atomic E-state index is 13.2. The van der Waals surface area contributed by atoms with Crippen molar-refractivity contribution in [3.05, 3.63) is 53.6 Å². The number of nitrogens with one attached hydrogen (secondary N) is 1. The maximum atomic E-state index is 13.2. The van der Waals surface area contributed by atoms with E-state index < -0.39 is 0 Å². The van der Waals surface area contributed by atoms with Crippen molar-refractivity contribution in [1.82, 2.24) is 4.90 Å². The van der Waals surface area contributed by atoms with Crippen LogP contribution in [-0.2, 0) is 4.79 Å². The maximum Gasteiger partial charge on any atom is 0.254 e. The Morgan fingerprint density at radius 3 is 2.74 bits per heavy atom. The minimum absolute atomic E-state index is 0.00832. The highest BCUT2D eigenvalue weighted by atomic mass is 32.2. The van der Waals surface area contributed by atoms with Crippen LogP contribution in [0.4, 0.5) is 5.69 Å². The van der Waals surface area contributed by atoms with Crippen LogP contribution in [0.1, 0.15) is 41.7 Å². The van der Waals surface area contributed by atoms with Gasteiger partial charge >= 0.3 is 0 Å². The SMILES string of the molecule is COc1ccc(C2CCCN2C(=O)c2ccc3c(c2)NC(=O)C(C)S3)cc1. The molecular weight excluding hydrogens is 360 g/mol. The Hall–Kier alpha value is -2.47. The fourth-order valence-electron chi connectivity index (χ4n) is 3.69. The fraction of sp³-hybridized carbons (Fsp3) is 0.333. The number of nitrogens with zero attached hydrogens (tertiary/aromatic N) is 1. The van der Waals surface area contributed by atoms with E-state index in [0.29, 0.717) is 5.56 Å². The highest BCUT2D eigenvalue weighted by Crippen LogP contribution is 2.38. The molecule has 6 heteroatoms. The van der Waals surface area contributed by atoms with Crippen LogP contribution in [0.5, 0.6) is 5.75 Å². The first-order valence-corrected chi connectivity index (χ1v) is 10.0. The van der Waals surface area contributed by atoms with Crippen molar-refractivity contribution in [1.29, 1.82) is 0 Å². The van der Waals surface area contributed by atoms with Crippen molar-refractivity contribution in [2.24, 2.45) is 0 Å². The van der Waals surface area contributed by atoms with E-state index in [2.05, 4.69) is 5.32 Å². The van der Waals surface area contributed by atoms with Crippen molar-refractivity contribution in [3.8, 4) is 5.75 Å². The van der Waals surface area contributed by atoms with Gasteiger partial charge in [0.05, 0.1) is 24.1 Å². The normalized spacial score (nSPS) is 21.6. The molecule has 1 N–H and O–H groups in total. The van der Waals surface area contributed by atoms with E-state index in [9.17, 15) is 9.59 Å². The molecular formula is C21H22N2O3S. The van der Waals surface area contributed by atoms with Gasteiger partial charge in [0.2, 0.25) is 5.91 Å². The molecule has 2 aromatic carbocycles. The first-order valence-electron chi connectivity index (χ1n) is 9.13. The summed E-state index contributed by atoms with van der Waals surface area (Å²) in [7, 11) is 1.65. The Morgan fingerprint density at radius 2 is 2.00 bits per heavy atom. The molecule has 27 heavy (non-hydrogen) atoms. The second-order valence-electron chi connectivity index (χ2n) is 6.89. The van der Waals surface area contributed by atoms with Crippen LogP contribution in [0.15, 0.2) is 47.4 Å². The molecule has 140 valence electrons. The molecule has 0 spiro atoms. The summed E-state index contributed by atoms with van der Waals surface area (Å²) >= 11 is 1.52. The van der Waals surface area contributed by atoms with E-state index in [-0.39, 0.29) is 23.1 Å². The summed E-state index contributed by atoms with van der Waals surface area (Å²) in [5.74, 6) is 0.801. The Morgan fingerprint density at radius 1 is 1.22 bits per heavy atom. The lowest BCUT2D eigenvalue weighted by atomic mass is 10.0. The number of rotatable bonds is 3. The van der Waals surface area contributed by atoms with Gasteiger partial charge in [0.1, 0.15) is 5.75 Å². The number of anilines is 1. The summed E-state index contributed by atoms with van der Waals surface area (Å²) in [6.45, 7) is 2.62. The van der Waals surface area contributed by atoms with Crippen LogP contribution in [0.25, 0.3) is 0 Å². The summed E-state index contributed by atoms with van der Waals surface area (Å²) in [6.07, 6.45) is 1.94. The lowest BCUT2D eigenvalue weighted by Crippen LogP contribution is -2.31. The van der Waals surface area contributed by atoms with E-state index in [1.54, 1.807) is 13.2 Å². The third-order valence-corrected chi connectivity index (χ3v) is 6.35. The van der Waals surface area contributed by atoms with Gasteiger partial charge in [-0.15, -0.1) is 11.8 Å². The molecule has 2 aliphatic heterocycles. The predicted octanol–water partition coefficient (Wildman–Crippen LogP) is 4.11. The highest BCUT2D eigenvalue weighted by Gasteiger charge is 2.31. The number of carbonyl (C=O) groups excluding carboxylic acids is 2. The molecule has 0 radical (unpaired) electrons. The molecule has 0 aliphatic carbocycles. The Labute approximate surface area is 163 Å². The number of amides is 2. The Bertz CT molecular complexity index is 881. The zero-order chi connectivity index (χ0) is 19.0. The minimum atomic E-state index is -0.114. The molecule has 1 fully saturated rings. The van der Waals surface area contributed by atoms with E-state index in [1.807, 2.05) is 48.2 Å². The van der Waals surface area contributed by atoms with Gasteiger partial charge in [0.25, 0.3) is 5.91 Å². The van der Waals surface area contributed by atoms with Crippen molar-refractivity contribution >= 4 is 29.3 Å². The molecule has 4 rings (SSSR count). The zero-order valence-electron chi connectivity index (χ0n) is 15.4. The van der Waals surface area contributed by atoms with Gasteiger partial charge in [-0.25, -0.2) is 0 Å². The predicted molar refractivity (Wildman–Crippen MR) is 106 cm³/mol. The molecule has 2 aliphatic rings. The molecule has 0 aromatic heterocycles. The van der Waals surface area contributed by atoms with Crippen LogP contribution in [-0.4, -0.2) is 35.6 Å². The Kier molecular flexibility index (Phi) is 4.83. The first-order chi connectivity index (χ1) is 13.1. The molecule has 1 saturated heterocycles. The number of methoxy groups -OCH3 is 1. The number of fused-ring (bicyclic) bond motifs is 1. The third kappa shape index (κ3) is 3.41. The van der Waals surface area contributed by atoms with Crippen molar-refractivity contribution in [3.63, 3.8) is 0 Å². The van der Waals surface area contributed by atoms with Gasteiger partial charge in [-0.05, 0) is 55.7 Å². The highest BCUT2D eigenvalue weighted by molar-refractivity contribution is 8.00. The van der Waals surface area contributed by atoms with E-state index in [4.69, 9.17) is 4.74 Å². The molecule has 2 aromatic rings. The monoisotopic (exact) mass is 382 g/mol. The number of thioether (sulfide) groups is 1. The van der Waals surface area contributed by atoms with Crippen LogP contribution in [0.2, 0.25) is 0 Å². The number of hydrogen-bond acceptors (Lipinski definition) is 4. The Balaban J connectivity index is 1.58. The van der Waals surface area contributed by atoms with Gasteiger partial charge in [0, 0.05) is 17.0 Å². The van der Waals surface area contributed by atoms with Gasteiger partial charge in [0.15, 0.2) is 0 Å². The lowest BCUT2D eigenvalue weighted by molar-refractivity contribution is -0.115. The quantitative estimate of drug-likeness (QED) is 0.868. The topological polar surface area (TPSA) is 58.6 Å². The standard InChI is InChI=1S/C21H22N2O3S/c1-13-20(24)22-17-12-15(7-10-19(17)27-13)21(25)23-11-3-4-18(23)14-5-8-16(26-2)9-6-14/h5-10,12-13,18H,3-4,11H2,1-2H3,(H,22,24). The smallest absolute Gasteiger partial charge is 0.254 e. The average Bonchev–Trinajstić information content (AvgIpc) is 3.18. The number of likely N-dealkylation sites (tertiary alicyclic amines) is 1. The van der Waals surface area contributed by atoms with E-state index >= 15 is 0 Å². The molecule has 0 bridgehead atoms. The second-order valence-corrected chi connectivity index (χ2v) is 8.27. The third-order valence-electron chi connectivity index (χ3n) is 5.17. The minimum Gasteiger partial charge on any atom is -0.497 e. The van der Waals surface area contributed by atoms with Crippen molar-refractivity contribution < 1.29 is 14.3 Å². The number of ether oxygens (including phenoxy) is 1. The summed E-state index contributed by atoms with van der Waals surface area (Å²) in [5.41, 5.74) is 2.47. The molecule has 5 nitrogen and oxygen atoms in total. The molecule has 2 amide bonds. The van der Waals surface area contributed by atoms with Crippen LogP contribution < -0.4 is 10.1 Å². The number of hydrogen-bond donors (Lipinski definition) is 1. The lowest BCUT2D eigenvalue weighted by Gasteiger charge is -2.26. The van der Waals surface area contributed by atoms with Crippen LogP contribution in [0, 0.1) is 0 Å². The molecule has 2 atom stereocenters. The molecule has 0 saturated carbocycles. The van der Waals surface area contributed by atoms with Crippen LogP contribution in [0.3, 0.4) is 0 Å². The number of benzene rings is 2. The summed E-state index contributed by atoms with van der Waals surface area (Å²) in [4.78, 5) is 28.1. The van der Waals surface area contributed by atoms with Gasteiger partial charge in [-0.2, -0.15) is 0 Å². The van der Waals surface area contributed by atoms with Gasteiger partial charge in [-0.3, -0.25) is 9.59 Å². The van der Waals surface area contributed by atoms with Gasteiger partial charge in [-0.1, -0.05) is 12.1 Å². The second kappa shape index (κ2) is 7.27. The summed E-state index contributed by atoms with van der Waals surface area (Å²) in [6, 6.07) is 13.6. The largest absolute Gasteiger partial charge is 0.497 e. The summed E-state index contributed by atoms with van der Waals surface area (Å²) < 4.78 is 5.23. The first kappa shape index (κ1) is 17.9. The summed E-state index contributed by atoms with van der Waals surface area (Å²) in [5, 5.41) is 2.79. The van der Waals surface area contributed by atoms with Gasteiger partial charge < -0.3 is 15.0 Å². The van der Waals surface area contributed by atoms with E-state index in [1.165, 1.54) is 11.8 Å². The van der Waals surface area contributed by atoms with E-state index in [0.717, 1.165) is 41.3 Å². The molecule has 2 unspecified atom stereocenters.